The summed E-state index contributed by atoms with van der Waals surface area (Å²) in [5.41, 5.74) is 0.849. The Morgan fingerprint density at radius 2 is 2.21 bits per heavy atom. The van der Waals surface area contributed by atoms with Gasteiger partial charge in [-0.15, -0.1) is 0 Å². The molecule has 0 N–H and O–H groups in total. The van der Waals surface area contributed by atoms with Crippen molar-refractivity contribution in [2.24, 2.45) is 12.5 Å². The van der Waals surface area contributed by atoms with E-state index in [0.717, 1.165) is 24.2 Å². The van der Waals surface area contributed by atoms with E-state index in [4.69, 9.17) is 4.74 Å². The summed E-state index contributed by atoms with van der Waals surface area (Å²) < 4.78 is 6.58. The van der Waals surface area contributed by atoms with E-state index >= 15 is 0 Å². The minimum absolute atomic E-state index is 0.0920. The lowest BCUT2D eigenvalue weighted by molar-refractivity contribution is -0.141. The summed E-state index contributed by atoms with van der Waals surface area (Å²) in [6.07, 6.45) is 6.32. The molecule has 1 aliphatic rings. The fraction of sp³-hybridized carbons (Fsp3) is 0.571. The van der Waals surface area contributed by atoms with Gasteiger partial charge in [0.1, 0.15) is 0 Å². The van der Waals surface area contributed by atoms with Crippen molar-refractivity contribution in [2.75, 3.05) is 18.6 Å². The molecule has 1 aliphatic carbocycles. The Morgan fingerprint density at radius 3 is 2.74 bits per heavy atom. The largest absolute Gasteiger partial charge is 0.469 e. The number of methoxy groups -OCH3 is 1. The number of nitrogens with zero attached hydrogens (tertiary/aromatic N) is 1. The van der Waals surface area contributed by atoms with Crippen molar-refractivity contribution in [3.05, 3.63) is 24.0 Å². The van der Waals surface area contributed by atoms with Gasteiger partial charge >= 0.3 is 5.97 Å². The summed E-state index contributed by atoms with van der Waals surface area (Å²) in [5.74, 6) is 1.35. The van der Waals surface area contributed by atoms with Gasteiger partial charge in [0.05, 0.1) is 19.3 Å². The first kappa shape index (κ1) is 14.2. The Morgan fingerprint density at radius 1 is 1.47 bits per heavy atom. The summed E-state index contributed by atoms with van der Waals surface area (Å²) in [6.45, 7) is 0. The van der Waals surface area contributed by atoms with Crippen LogP contribution in [0.1, 0.15) is 29.6 Å². The van der Waals surface area contributed by atoms with Crippen LogP contribution in [0.3, 0.4) is 0 Å². The molecule has 0 unspecified atom stereocenters. The minimum Gasteiger partial charge on any atom is -0.469 e. The topological polar surface area (TPSA) is 48.3 Å². The number of aromatic nitrogens is 1. The zero-order chi connectivity index (χ0) is 13.9. The quantitative estimate of drug-likeness (QED) is 0.568. The number of carbonyl (C=O) groups is 2. The SMILES string of the molecule is COC(=O)CC1(CSCC(=O)c2ccn(C)c2)CC1. The lowest BCUT2D eigenvalue weighted by Crippen LogP contribution is -2.14. The van der Waals surface area contributed by atoms with Gasteiger partial charge in [0, 0.05) is 25.0 Å². The number of ketones is 1. The molecule has 2 rings (SSSR count). The molecule has 0 amide bonds. The normalized spacial score (nSPS) is 16.1. The van der Waals surface area contributed by atoms with E-state index < -0.39 is 0 Å². The smallest absolute Gasteiger partial charge is 0.306 e. The number of esters is 1. The predicted octanol–water partition coefficient (Wildman–Crippen LogP) is 2.28. The third kappa shape index (κ3) is 3.86. The van der Waals surface area contributed by atoms with Crippen LogP contribution in [0.5, 0.6) is 0 Å². The first-order valence-electron chi connectivity index (χ1n) is 6.34. The number of Topliss-reactive ketones (excluding diaryl/α,β-unsaturated/α-hetero) is 1. The predicted molar refractivity (Wildman–Crippen MR) is 75.4 cm³/mol. The van der Waals surface area contributed by atoms with Crippen molar-refractivity contribution in [1.29, 1.82) is 0 Å². The molecular formula is C14H19NO3S. The molecule has 0 radical (unpaired) electrons. The molecule has 0 atom stereocenters. The molecule has 104 valence electrons. The number of thioether (sulfide) groups is 1. The maximum atomic E-state index is 11.9. The van der Waals surface area contributed by atoms with Crippen LogP contribution in [-0.4, -0.2) is 34.9 Å². The summed E-state index contributed by atoms with van der Waals surface area (Å²) in [5, 5.41) is 0. The van der Waals surface area contributed by atoms with E-state index in [1.807, 2.05) is 30.1 Å². The molecule has 1 fully saturated rings. The zero-order valence-corrected chi connectivity index (χ0v) is 12.2. The highest BCUT2D eigenvalue weighted by atomic mass is 32.2. The number of hydrogen-bond donors (Lipinski definition) is 0. The number of hydrogen-bond acceptors (Lipinski definition) is 4. The van der Waals surface area contributed by atoms with Gasteiger partial charge < -0.3 is 9.30 Å². The summed E-state index contributed by atoms with van der Waals surface area (Å²) >= 11 is 1.62. The zero-order valence-electron chi connectivity index (χ0n) is 11.3. The summed E-state index contributed by atoms with van der Waals surface area (Å²) in [7, 11) is 3.32. The van der Waals surface area contributed by atoms with Crippen LogP contribution in [0, 0.1) is 5.41 Å². The van der Waals surface area contributed by atoms with Crippen LogP contribution >= 0.6 is 11.8 Å². The molecule has 1 aromatic rings. The molecule has 4 nitrogen and oxygen atoms in total. The van der Waals surface area contributed by atoms with Gasteiger partial charge in [0.2, 0.25) is 0 Å². The van der Waals surface area contributed by atoms with E-state index in [-0.39, 0.29) is 17.2 Å². The summed E-state index contributed by atoms with van der Waals surface area (Å²) in [6, 6.07) is 1.84. The van der Waals surface area contributed by atoms with Gasteiger partial charge in [0.15, 0.2) is 5.78 Å². The van der Waals surface area contributed by atoms with Gasteiger partial charge in [0.25, 0.3) is 0 Å². The second kappa shape index (κ2) is 5.82. The fourth-order valence-corrected chi connectivity index (χ4v) is 3.32. The van der Waals surface area contributed by atoms with Crippen molar-refractivity contribution in [3.8, 4) is 0 Å². The van der Waals surface area contributed by atoms with E-state index in [2.05, 4.69) is 0 Å². The molecular weight excluding hydrogens is 262 g/mol. The van der Waals surface area contributed by atoms with E-state index in [9.17, 15) is 9.59 Å². The van der Waals surface area contributed by atoms with Crippen molar-refractivity contribution in [1.82, 2.24) is 4.57 Å². The highest BCUT2D eigenvalue weighted by Gasteiger charge is 2.44. The van der Waals surface area contributed by atoms with Crippen molar-refractivity contribution in [2.45, 2.75) is 19.3 Å². The third-order valence-corrected chi connectivity index (χ3v) is 4.78. The molecule has 0 aliphatic heterocycles. The van der Waals surface area contributed by atoms with Crippen LogP contribution in [0.15, 0.2) is 18.5 Å². The molecule has 19 heavy (non-hydrogen) atoms. The molecule has 5 heteroatoms. The number of ether oxygens (including phenoxy) is 1. The highest BCUT2D eigenvalue weighted by Crippen LogP contribution is 2.51. The van der Waals surface area contributed by atoms with Crippen molar-refractivity contribution < 1.29 is 14.3 Å². The summed E-state index contributed by atoms with van der Waals surface area (Å²) in [4.78, 5) is 23.2. The van der Waals surface area contributed by atoms with Crippen molar-refractivity contribution >= 4 is 23.5 Å². The Kier molecular flexibility index (Phi) is 4.34. The van der Waals surface area contributed by atoms with Crippen LogP contribution in [-0.2, 0) is 16.6 Å². The number of carbonyl (C=O) groups excluding carboxylic acids is 2. The van der Waals surface area contributed by atoms with Crippen LogP contribution in [0.2, 0.25) is 0 Å². The Hall–Kier alpha value is -1.23. The number of rotatable bonds is 7. The maximum absolute atomic E-state index is 11.9. The van der Waals surface area contributed by atoms with Gasteiger partial charge in [-0.1, -0.05) is 0 Å². The molecule has 0 bridgehead atoms. The molecule has 0 saturated heterocycles. The Bertz CT molecular complexity index is 477. The first-order valence-corrected chi connectivity index (χ1v) is 7.50. The maximum Gasteiger partial charge on any atom is 0.306 e. The number of aryl methyl sites for hydroxylation is 1. The lowest BCUT2D eigenvalue weighted by Gasteiger charge is -2.12. The second-order valence-corrected chi connectivity index (χ2v) is 6.22. The van der Waals surface area contributed by atoms with Crippen LogP contribution < -0.4 is 0 Å². The first-order chi connectivity index (χ1) is 9.04. The molecule has 1 aromatic heterocycles. The second-order valence-electron chi connectivity index (χ2n) is 5.23. The average molecular weight is 281 g/mol. The van der Waals surface area contributed by atoms with E-state index in [1.54, 1.807) is 11.8 Å². The molecule has 1 heterocycles. The highest BCUT2D eigenvalue weighted by molar-refractivity contribution is 8.00. The van der Waals surface area contributed by atoms with Crippen LogP contribution in [0.4, 0.5) is 0 Å². The van der Waals surface area contributed by atoms with Crippen molar-refractivity contribution in [3.63, 3.8) is 0 Å². The Balaban J connectivity index is 1.75. The standard InChI is InChI=1S/C14H19NO3S/c1-15-6-3-11(8-15)12(16)9-19-10-14(4-5-14)7-13(17)18-2/h3,6,8H,4-5,7,9-10H2,1-2H3. The third-order valence-electron chi connectivity index (χ3n) is 3.50. The van der Waals surface area contributed by atoms with Crippen LogP contribution in [0.25, 0.3) is 0 Å². The van der Waals surface area contributed by atoms with Gasteiger partial charge in [-0.2, -0.15) is 11.8 Å². The van der Waals surface area contributed by atoms with Gasteiger partial charge in [-0.05, 0) is 30.1 Å². The molecule has 1 saturated carbocycles. The fourth-order valence-electron chi connectivity index (χ4n) is 2.04. The molecule has 0 spiro atoms. The minimum atomic E-state index is -0.146. The van der Waals surface area contributed by atoms with Gasteiger partial charge in [-0.3, -0.25) is 9.59 Å². The van der Waals surface area contributed by atoms with E-state index in [1.165, 1.54) is 7.11 Å². The Labute approximate surface area is 117 Å². The molecule has 0 aromatic carbocycles. The van der Waals surface area contributed by atoms with E-state index in [0.29, 0.717) is 12.2 Å². The van der Waals surface area contributed by atoms with Gasteiger partial charge in [-0.25, -0.2) is 0 Å². The average Bonchev–Trinajstić information content (AvgIpc) is 2.99. The monoisotopic (exact) mass is 281 g/mol. The lowest BCUT2D eigenvalue weighted by atomic mass is 10.1.